The van der Waals surface area contributed by atoms with Crippen molar-refractivity contribution >= 4 is 37.5 Å². The molecule has 7 heteroatoms. The number of H-pyrrole nitrogens is 1. The van der Waals surface area contributed by atoms with E-state index in [9.17, 15) is 4.79 Å². The van der Waals surface area contributed by atoms with Gasteiger partial charge in [0.05, 0.1) is 0 Å². The molecule has 2 aromatic rings. The van der Waals surface area contributed by atoms with Crippen molar-refractivity contribution in [2.75, 3.05) is 5.32 Å². The minimum atomic E-state index is -0.191. The van der Waals surface area contributed by atoms with Gasteiger partial charge in [-0.3, -0.25) is 0 Å². The standard InChI is InChI=1S/C11H9N5OSe/c1-6-7(5-12-14-6)11(17)13-8-3-2-4-9-10(8)16-18-15-9/h2-5H,1H3,(H,12,14)(H,13,17). The second-order valence-electron chi connectivity index (χ2n) is 3.80. The Kier molecular flexibility index (Phi) is 2.70. The molecule has 0 radical (unpaired) electrons. The van der Waals surface area contributed by atoms with Crippen molar-refractivity contribution in [1.82, 2.24) is 10.2 Å². The van der Waals surface area contributed by atoms with Gasteiger partial charge in [0.15, 0.2) is 0 Å². The van der Waals surface area contributed by atoms with E-state index in [0.29, 0.717) is 11.3 Å². The summed E-state index contributed by atoms with van der Waals surface area (Å²) in [6, 6.07) is 5.58. The van der Waals surface area contributed by atoms with Gasteiger partial charge in [0.2, 0.25) is 0 Å². The quantitative estimate of drug-likeness (QED) is 0.712. The van der Waals surface area contributed by atoms with Crippen LogP contribution in [0.2, 0.25) is 0 Å². The van der Waals surface area contributed by atoms with Crippen LogP contribution in [-0.2, 0) is 0 Å². The number of rotatable bonds is 2. The molecule has 0 aliphatic carbocycles. The Hall–Kier alpha value is -1.98. The van der Waals surface area contributed by atoms with Crippen molar-refractivity contribution in [3.63, 3.8) is 0 Å². The second-order valence-corrected chi connectivity index (χ2v) is 4.91. The van der Waals surface area contributed by atoms with Crippen LogP contribution in [0.3, 0.4) is 0 Å². The van der Waals surface area contributed by atoms with E-state index in [2.05, 4.69) is 23.4 Å². The van der Waals surface area contributed by atoms with Crippen LogP contribution in [0.25, 0.3) is 0 Å². The van der Waals surface area contributed by atoms with E-state index in [1.807, 2.05) is 18.2 Å². The molecule has 1 aromatic heterocycles. The molecule has 0 saturated carbocycles. The molecule has 90 valence electrons. The molecular formula is C11H9N5OSe. The van der Waals surface area contributed by atoms with Crippen LogP contribution in [0.15, 0.2) is 32.3 Å². The number of anilines is 1. The summed E-state index contributed by atoms with van der Waals surface area (Å²) in [5, 5.41) is 9.41. The fourth-order valence-corrected chi connectivity index (χ4v) is 2.83. The first-order valence-electron chi connectivity index (χ1n) is 5.28. The van der Waals surface area contributed by atoms with Gasteiger partial charge in [-0.2, -0.15) is 0 Å². The number of hydrogen-bond donors (Lipinski definition) is 2. The van der Waals surface area contributed by atoms with Gasteiger partial charge in [-0.05, 0) is 0 Å². The average molecular weight is 306 g/mol. The first-order valence-corrected chi connectivity index (χ1v) is 6.81. The molecule has 2 N–H and O–H groups in total. The molecule has 2 heterocycles. The van der Waals surface area contributed by atoms with Crippen molar-refractivity contribution < 1.29 is 4.79 Å². The SMILES string of the molecule is Cc1[nH]ncc1C(=O)Nc1cccc2c1N=[Se]=N2. The Morgan fingerprint density at radius 1 is 1.39 bits per heavy atom. The zero-order valence-corrected chi connectivity index (χ0v) is 11.2. The average Bonchev–Trinajstić information content (AvgIpc) is 2.97. The van der Waals surface area contributed by atoms with Gasteiger partial charge in [0.25, 0.3) is 0 Å². The fraction of sp³-hybridized carbons (Fsp3) is 0.0909. The zero-order valence-electron chi connectivity index (χ0n) is 9.47. The number of benzene rings is 1. The fourth-order valence-electron chi connectivity index (χ4n) is 1.68. The number of nitrogens with zero attached hydrogens (tertiary/aromatic N) is 3. The first-order chi connectivity index (χ1) is 8.75. The third kappa shape index (κ3) is 1.83. The molecule has 1 amide bonds. The number of amides is 1. The van der Waals surface area contributed by atoms with E-state index in [-0.39, 0.29) is 20.5 Å². The summed E-state index contributed by atoms with van der Waals surface area (Å²) >= 11 is -0.102. The molecule has 0 atom stereocenters. The predicted octanol–water partition coefficient (Wildman–Crippen LogP) is 2.32. The van der Waals surface area contributed by atoms with Crippen LogP contribution in [0.4, 0.5) is 17.1 Å². The number of aromatic nitrogens is 2. The minimum absolute atomic E-state index is 0.102. The monoisotopic (exact) mass is 307 g/mol. The first kappa shape index (κ1) is 11.1. The Bertz CT molecular complexity index is 699. The summed E-state index contributed by atoms with van der Waals surface area (Å²) in [5.74, 6) is -0.191. The molecule has 0 unspecified atom stereocenters. The number of carbonyl (C=O) groups is 1. The van der Waals surface area contributed by atoms with Crippen molar-refractivity contribution in [1.29, 1.82) is 0 Å². The molecular weight excluding hydrogens is 297 g/mol. The van der Waals surface area contributed by atoms with E-state index in [1.54, 1.807) is 6.92 Å². The number of aromatic amines is 1. The Morgan fingerprint density at radius 3 is 3.06 bits per heavy atom. The maximum absolute atomic E-state index is 12.1. The normalized spacial score (nSPS) is 12.1. The van der Waals surface area contributed by atoms with Crippen LogP contribution in [-0.4, -0.2) is 30.7 Å². The Balaban J connectivity index is 1.91. The predicted molar refractivity (Wildman–Crippen MR) is 67.6 cm³/mol. The van der Waals surface area contributed by atoms with Gasteiger partial charge >= 0.3 is 108 Å². The van der Waals surface area contributed by atoms with E-state index in [4.69, 9.17) is 0 Å². The van der Waals surface area contributed by atoms with Gasteiger partial charge in [0, 0.05) is 0 Å². The van der Waals surface area contributed by atoms with Crippen molar-refractivity contribution in [2.45, 2.75) is 6.92 Å². The Labute approximate surface area is 109 Å². The molecule has 0 bridgehead atoms. The molecule has 1 aliphatic heterocycles. The zero-order chi connectivity index (χ0) is 12.5. The van der Waals surface area contributed by atoms with Crippen molar-refractivity contribution in [3.8, 4) is 0 Å². The molecule has 0 fully saturated rings. The molecule has 6 nitrogen and oxygen atoms in total. The summed E-state index contributed by atoms with van der Waals surface area (Å²) in [4.78, 5) is 12.1. The third-order valence-electron chi connectivity index (χ3n) is 2.61. The van der Waals surface area contributed by atoms with Crippen LogP contribution in [0.1, 0.15) is 16.1 Å². The van der Waals surface area contributed by atoms with Crippen LogP contribution in [0, 0.1) is 6.92 Å². The Morgan fingerprint density at radius 2 is 2.28 bits per heavy atom. The third-order valence-corrected chi connectivity index (χ3v) is 3.75. The molecule has 0 spiro atoms. The number of nitrogens with one attached hydrogen (secondary N) is 2. The van der Waals surface area contributed by atoms with Crippen LogP contribution < -0.4 is 5.32 Å². The van der Waals surface area contributed by atoms with E-state index in [1.165, 1.54) is 6.20 Å². The number of aryl methyl sites for hydroxylation is 1. The summed E-state index contributed by atoms with van der Waals surface area (Å²) < 4.78 is 8.59. The van der Waals surface area contributed by atoms with Gasteiger partial charge in [-0.25, -0.2) is 0 Å². The number of hydrogen-bond acceptors (Lipinski definition) is 4. The summed E-state index contributed by atoms with van der Waals surface area (Å²) in [5.41, 5.74) is 3.59. The summed E-state index contributed by atoms with van der Waals surface area (Å²) in [6.07, 6.45) is 1.51. The number of fused-ring (bicyclic) bond motifs is 1. The maximum atomic E-state index is 12.1. The van der Waals surface area contributed by atoms with Crippen LogP contribution >= 0.6 is 0 Å². The van der Waals surface area contributed by atoms with Gasteiger partial charge < -0.3 is 0 Å². The van der Waals surface area contributed by atoms with Gasteiger partial charge in [-0.1, -0.05) is 0 Å². The molecule has 1 aliphatic rings. The van der Waals surface area contributed by atoms with Gasteiger partial charge in [0.1, 0.15) is 0 Å². The summed E-state index contributed by atoms with van der Waals surface area (Å²) in [6.45, 7) is 1.81. The van der Waals surface area contributed by atoms with E-state index in [0.717, 1.165) is 17.1 Å². The second kappa shape index (κ2) is 4.36. The van der Waals surface area contributed by atoms with E-state index >= 15 is 0 Å². The molecule has 1 aromatic carbocycles. The van der Waals surface area contributed by atoms with E-state index < -0.39 is 0 Å². The van der Waals surface area contributed by atoms with Crippen molar-refractivity contribution in [3.05, 3.63) is 35.7 Å². The van der Waals surface area contributed by atoms with Gasteiger partial charge in [-0.15, -0.1) is 0 Å². The van der Waals surface area contributed by atoms with Crippen molar-refractivity contribution in [2.24, 2.45) is 7.92 Å². The summed E-state index contributed by atoms with van der Waals surface area (Å²) in [7, 11) is 0. The topological polar surface area (TPSA) is 82.5 Å². The molecule has 0 saturated heterocycles. The number of carbonyl (C=O) groups excluding carboxylic acids is 1. The molecule has 18 heavy (non-hydrogen) atoms. The molecule has 3 rings (SSSR count). The van der Waals surface area contributed by atoms with Crippen LogP contribution in [0.5, 0.6) is 0 Å².